The molecule has 5 nitrogen and oxygen atoms in total. The molecule has 0 aliphatic carbocycles. The van der Waals surface area contributed by atoms with E-state index < -0.39 is 0 Å². The Morgan fingerprint density at radius 3 is 2.28 bits per heavy atom. The van der Waals surface area contributed by atoms with Crippen LogP contribution in [0.3, 0.4) is 0 Å². The van der Waals surface area contributed by atoms with E-state index >= 15 is 0 Å². The summed E-state index contributed by atoms with van der Waals surface area (Å²) in [5, 5.41) is 2.80. The Labute approximate surface area is 156 Å². The molecule has 0 aliphatic heterocycles. The molecule has 6 heteroatoms. The van der Waals surface area contributed by atoms with Crippen molar-refractivity contribution >= 4 is 39.1 Å². The zero-order chi connectivity index (χ0) is 18.2. The van der Waals surface area contributed by atoms with Crippen molar-refractivity contribution in [1.82, 2.24) is 4.90 Å². The Balaban J connectivity index is 1.91. The van der Waals surface area contributed by atoms with E-state index in [4.69, 9.17) is 0 Å². The fraction of sp³-hybridized carbons (Fsp3) is 0.263. The molecule has 0 aromatic heterocycles. The van der Waals surface area contributed by atoms with Crippen LogP contribution in [0.25, 0.3) is 0 Å². The minimum Gasteiger partial charge on any atom is -0.362 e. The number of nitrogens with zero attached hydrogens (tertiary/aromatic N) is 2. The van der Waals surface area contributed by atoms with Crippen LogP contribution < -0.4 is 10.2 Å². The van der Waals surface area contributed by atoms with Crippen molar-refractivity contribution < 1.29 is 9.59 Å². The van der Waals surface area contributed by atoms with Crippen molar-refractivity contribution in [2.45, 2.75) is 6.92 Å². The van der Waals surface area contributed by atoms with Crippen LogP contribution in [0.2, 0.25) is 0 Å². The summed E-state index contributed by atoms with van der Waals surface area (Å²) in [7, 11) is 1.64. The highest BCUT2D eigenvalue weighted by Gasteiger charge is 2.16. The molecule has 0 saturated heterocycles. The Morgan fingerprint density at radius 1 is 1.00 bits per heavy atom. The summed E-state index contributed by atoms with van der Waals surface area (Å²) < 4.78 is 0.804. The Bertz CT molecular complexity index is 722. The molecule has 2 amide bonds. The average Bonchev–Trinajstić information content (AvgIpc) is 2.62. The summed E-state index contributed by atoms with van der Waals surface area (Å²) in [6.45, 7) is 2.96. The third kappa shape index (κ3) is 5.60. The quantitative estimate of drug-likeness (QED) is 0.770. The fourth-order valence-corrected chi connectivity index (χ4v) is 2.75. The van der Waals surface area contributed by atoms with E-state index in [1.807, 2.05) is 60.4 Å². The second-order valence-electron chi connectivity index (χ2n) is 5.63. The number of carbonyl (C=O) groups excluding carboxylic acids is 2. The second-order valence-corrected chi connectivity index (χ2v) is 6.48. The van der Waals surface area contributed by atoms with Gasteiger partial charge in [0.1, 0.15) is 0 Å². The van der Waals surface area contributed by atoms with E-state index in [-0.39, 0.29) is 24.9 Å². The molecule has 132 valence electrons. The number of amides is 2. The maximum atomic E-state index is 12.4. The smallest absolute Gasteiger partial charge is 0.244 e. The second kappa shape index (κ2) is 9.22. The lowest BCUT2D eigenvalue weighted by Gasteiger charge is -2.25. The van der Waals surface area contributed by atoms with Crippen molar-refractivity contribution in [3.8, 4) is 0 Å². The van der Waals surface area contributed by atoms with Gasteiger partial charge in [-0.05, 0) is 47.1 Å². The molecule has 0 saturated carbocycles. The minimum absolute atomic E-state index is 0.00646. The predicted octanol–water partition coefficient (Wildman–Crippen LogP) is 3.37. The first-order valence-corrected chi connectivity index (χ1v) is 8.89. The van der Waals surface area contributed by atoms with Gasteiger partial charge >= 0.3 is 0 Å². The maximum Gasteiger partial charge on any atom is 0.244 e. The molecule has 0 aliphatic rings. The molecule has 0 radical (unpaired) electrons. The average molecular weight is 404 g/mol. The van der Waals surface area contributed by atoms with Crippen LogP contribution in [0.5, 0.6) is 0 Å². The van der Waals surface area contributed by atoms with Crippen LogP contribution in [0, 0.1) is 0 Å². The number of hydrogen-bond acceptors (Lipinski definition) is 3. The van der Waals surface area contributed by atoms with E-state index in [1.54, 1.807) is 13.1 Å². The van der Waals surface area contributed by atoms with Crippen LogP contribution in [-0.2, 0) is 9.59 Å². The van der Waals surface area contributed by atoms with Gasteiger partial charge in [0.15, 0.2) is 0 Å². The summed E-state index contributed by atoms with van der Waals surface area (Å²) in [5.74, 6) is -0.335. The number of likely N-dealkylation sites (N-methyl/N-ethyl adjacent to an activating group) is 2. The topological polar surface area (TPSA) is 52.7 Å². The fourth-order valence-electron chi connectivity index (χ4n) is 2.36. The molecule has 25 heavy (non-hydrogen) atoms. The highest BCUT2D eigenvalue weighted by atomic mass is 79.9. The van der Waals surface area contributed by atoms with Gasteiger partial charge in [0, 0.05) is 23.8 Å². The Hall–Kier alpha value is -2.34. The first-order valence-electron chi connectivity index (χ1n) is 8.09. The predicted molar refractivity (Wildman–Crippen MR) is 105 cm³/mol. The molecule has 2 aromatic carbocycles. The molecule has 0 spiro atoms. The number of benzene rings is 2. The lowest BCUT2D eigenvalue weighted by atomic mass is 10.3. The number of rotatable bonds is 7. The van der Waals surface area contributed by atoms with Gasteiger partial charge in [-0.25, -0.2) is 0 Å². The molecule has 0 fully saturated rings. The van der Waals surface area contributed by atoms with E-state index in [2.05, 4.69) is 21.2 Å². The zero-order valence-electron chi connectivity index (χ0n) is 14.4. The number of carbonyl (C=O) groups is 2. The van der Waals surface area contributed by atoms with E-state index in [0.29, 0.717) is 12.2 Å². The summed E-state index contributed by atoms with van der Waals surface area (Å²) in [6.07, 6.45) is 0. The molecule has 2 rings (SSSR count). The van der Waals surface area contributed by atoms with Gasteiger partial charge in [-0.3, -0.25) is 9.59 Å². The van der Waals surface area contributed by atoms with Crippen LogP contribution in [0.1, 0.15) is 6.92 Å². The number of anilines is 2. The van der Waals surface area contributed by atoms with Gasteiger partial charge in [-0.2, -0.15) is 0 Å². The molecular formula is C19H22BrN3O2. The molecule has 0 bridgehead atoms. The monoisotopic (exact) mass is 403 g/mol. The zero-order valence-corrected chi connectivity index (χ0v) is 16.0. The lowest BCUT2D eigenvalue weighted by Crippen LogP contribution is -2.41. The van der Waals surface area contributed by atoms with Crippen molar-refractivity contribution in [3.63, 3.8) is 0 Å². The molecular weight excluding hydrogens is 382 g/mol. The van der Waals surface area contributed by atoms with Crippen molar-refractivity contribution in [3.05, 3.63) is 59.1 Å². The van der Waals surface area contributed by atoms with Crippen LogP contribution in [0.15, 0.2) is 59.1 Å². The summed E-state index contributed by atoms with van der Waals surface area (Å²) in [4.78, 5) is 28.0. The van der Waals surface area contributed by atoms with Crippen molar-refractivity contribution in [2.24, 2.45) is 0 Å². The SMILES string of the molecule is CCN(CC(=O)N(C)CC(=O)Nc1ccccc1Br)c1ccccc1. The highest BCUT2D eigenvalue weighted by molar-refractivity contribution is 9.10. The maximum absolute atomic E-state index is 12.4. The third-order valence-electron chi connectivity index (χ3n) is 3.78. The van der Waals surface area contributed by atoms with E-state index in [1.165, 1.54) is 4.90 Å². The Morgan fingerprint density at radius 2 is 1.64 bits per heavy atom. The molecule has 0 atom stereocenters. The molecule has 0 unspecified atom stereocenters. The third-order valence-corrected chi connectivity index (χ3v) is 4.48. The minimum atomic E-state index is -0.231. The molecule has 2 aromatic rings. The number of para-hydroxylation sites is 2. The van der Waals surface area contributed by atoms with Gasteiger partial charge in [0.2, 0.25) is 11.8 Å². The number of nitrogens with one attached hydrogen (secondary N) is 1. The van der Waals surface area contributed by atoms with Crippen LogP contribution in [-0.4, -0.2) is 43.4 Å². The van der Waals surface area contributed by atoms with Gasteiger partial charge < -0.3 is 15.1 Å². The largest absolute Gasteiger partial charge is 0.362 e. The van der Waals surface area contributed by atoms with Gasteiger partial charge in [-0.1, -0.05) is 30.3 Å². The van der Waals surface area contributed by atoms with Crippen molar-refractivity contribution in [2.75, 3.05) is 36.9 Å². The summed E-state index contributed by atoms with van der Waals surface area (Å²) in [6, 6.07) is 17.1. The Kier molecular flexibility index (Phi) is 7.01. The standard InChI is InChI=1S/C19H22BrN3O2/c1-3-23(15-9-5-4-6-10-15)14-19(25)22(2)13-18(24)21-17-12-8-7-11-16(17)20/h4-12H,3,13-14H2,1-2H3,(H,21,24). The normalized spacial score (nSPS) is 10.2. The number of hydrogen-bond donors (Lipinski definition) is 1. The van der Waals surface area contributed by atoms with Gasteiger partial charge in [-0.15, -0.1) is 0 Å². The van der Waals surface area contributed by atoms with Gasteiger partial charge in [0.05, 0.1) is 18.8 Å². The van der Waals surface area contributed by atoms with E-state index in [9.17, 15) is 9.59 Å². The molecule has 1 N–H and O–H groups in total. The summed E-state index contributed by atoms with van der Waals surface area (Å²) >= 11 is 3.39. The summed E-state index contributed by atoms with van der Waals surface area (Å²) in [5.41, 5.74) is 1.68. The van der Waals surface area contributed by atoms with Crippen LogP contribution in [0.4, 0.5) is 11.4 Å². The first-order chi connectivity index (χ1) is 12.0. The van der Waals surface area contributed by atoms with E-state index in [0.717, 1.165) is 10.2 Å². The highest BCUT2D eigenvalue weighted by Crippen LogP contribution is 2.21. The molecule has 0 heterocycles. The lowest BCUT2D eigenvalue weighted by molar-refractivity contribution is -0.132. The number of halogens is 1. The van der Waals surface area contributed by atoms with Crippen LogP contribution >= 0.6 is 15.9 Å². The first kappa shape index (κ1) is 19.0. The van der Waals surface area contributed by atoms with Gasteiger partial charge in [0.25, 0.3) is 0 Å². The van der Waals surface area contributed by atoms with Crippen molar-refractivity contribution in [1.29, 1.82) is 0 Å².